The molecule has 26 heavy (non-hydrogen) atoms. The largest absolute Gasteiger partial charge is 0.358 e. The summed E-state index contributed by atoms with van der Waals surface area (Å²) in [5.41, 5.74) is 2.66. The third-order valence-corrected chi connectivity index (χ3v) is 4.09. The number of anilines is 1. The van der Waals surface area contributed by atoms with Gasteiger partial charge in [-0.25, -0.2) is 4.98 Å². The SMILES string of the molecule is CC(C)c1cc(N[C@H](C)c2nc(-c3ccncc3)no2)n2nccc2n1. The van der Waals surface area contributed by atoms with Gasteiger partial charge in [0.15, 0.2) is 5.65 Å². The molecule has 0 aliphatic rings. The van der Waals surface area contributed by atoms with E-state index in [-0.39, 0.29) is 6.04 Å². The minimum Gasteiger partial charge on any atom is -0.358 e. The highest BCUT2D eigenvalue weighted by molar-refractivity contribution is 5.53. The highest BCUT2D eigenvalue weighted by atomic mass is 16.5. The Balaban J connectivity index is 1.63. The van der Waals surface area contributed by atoms with Crippen molar-refractivity contribution in [2.75, 3.05) is 5.32 Å². The maximum Gasteiger partial charge on any atom is 0.249 e. The summed E-state index contributed by atoms with van der Waals surface area (Å²) in [6.07, 6.45) is 5.13. The zero-order valence-electron chi connectivity index (χ0n) is 14.8. The lowest BCUT2D eigenvalue weighted by Crippen LogP contribution is -2.12. The van der Waals surface area contributed by atoms with Crippen LogP contribution >= 0.6 is 0 Å². The third-order valence-electron chi connectivity index (χ3n) is 4.09. The summed E-state index contributed by atoms with van der Waals surface area (Å²) < 4.78 is 7.20. The van der Waals surface area contributed by atoms with Gasteiger partial charge in [0.1, 0.15) is 11.9 Å². The Hall–Kier alpha value is -3.29. The molecule has 8 nitrogen and oxygen atoms in total. The maximum atomic E-state index is 5.43. The van der Waals surface area contributed by atoms with Crippen LogP contribution in [0.2, 0.25) is 0 Å². The van der Waals surface area contributed by atoms with Gasteiger partial charge >= 0.3 is 0 Å². The fraction of sp³-hybridized carbons (Fsp3) is 0.278. The molecule has 4 aromatic rings. The lowest BCUT2D eigenvalue weighted by atomic mass is 10.1. The van der Waals surface area contributed by atoms with Crippen LogP contribution in [0, 0.1) is 0 Å². The first-order valence-corrected chi connectivity index (χ1v) is 8.47. The van der Waals surface area contributed by atoms with Crippen LogP contribution < -0.4 is 5.32 Å². The first-order chi connectivity index (χ1) is 12.6. The van der Waals surface area contributed by atoms with Gasteiger partial charge in [-0.2, -0.15) is 14.6 Å². The molecule has 0 aliphatic heterocycles. The number of fused-ring (bicyclic) bond motifs is 1. The molecule has 0 radical (unpaired) electrons. The van der Waals surface area contributed by atoms with E-state index < -0.39 is 0 Å². The summed E-state index contributed by atoms with van der Waals surface area (Å²) in [4.78, 5) is 13.1. The van der Waals surface area contributed by atoms with Crippen LogP contribution in [0.1, 0.15) is 44.3 Å². The molecule has 0 fully saturated rings. The second-order valence-electron chi connectivity index (χ2n) is 6.38. The molecule has 0 aliphatic carbocycles. The smallest absolute Gasteiger partial charge is 0.249 e. The van der Waals surface area contributed by atoms with E-state index in [2.05, 4.69) is 44.4 Å². The van der Waals surface area contributed by atoms with Crippen molar-refractivity contribution in [3.05, 3.63) is 54.4 Å². The summed E-state index contributed by atoms with van der Waals surface area (Å²) in [5.74, 6) is 2.19. The third kappa shape index (κ3) is 3.01. The molecular weight excluding hydrogens is 330 g/mol. The van der Waals surface area contributed by atoms with E-state index in [4.69, 9.17) is 4.52 Å². The molecule has 1 atom stereocenters. The number of aromatic nitrogens is 6. The minimum absolute atomic E-state index is 0.187. The molecule has 0 unspecified atom stereocenters. The summed E-state index contributed by atoms with van der Waals surface area (Å²) in [5, 5.41) is 11.8. The fourth-order valence-corrected chi connectivity index (χ4v) is 2.64. The van der Waals surface area contributed by atoms with Crippen LogP contribution in [0.3, 0.4) is 0 Å². The standard InChI is InChI=1S/C18H19N7O/c1-11(2)14-10-16(25-15(22-14)6-9-20-25)21-12(3)18-23-17(24-26-18)13-4-7-19-8-5-13/h4-12,21H,1-3H3/t12-/m1/s1. The van der Waals surface area contributed by atoms with E-state index in [0.29, 0.717) is 17.6 Å². The second-order valence-corrected chi connectivity index (χ2v) is 6.38. The lowest BCUT2D eigenvalue weighted by Gasteiger charge is -2.14. The Morgan fingerprint density at radius 2 is 1.85 bits per heavy atom. The molecule has 0 bridgehead atoms. The van der Waals surface area contributed by atoms with E-state index in [1.165, 1.54) is 0 Å². The molecule has 0 saturated carbocycles. The van der Waals surface area contributed by atoms with E-state index in [1.54, 1.807) is 23.1 Å². The first kappa shape index (κ1) is 16.2. The van der Waals surface area contributed by atoms with Gasteiger partial charge in [0.2, 0.25) is 11.7 Å². The first-order valence-electron chi connectivity index (χ1n) is 8.47. The van der Waals surface area contributed by atoms with Crippen LogP contribution in [0.4, 0.5) is 5.82 Å². The average molecular weight is 349 g/mol. The van der Waals surface area contributed by atoms with Crippen molar-refractivity contribution in [3.8, 4) is 11.4 Å². The van der Waals surface area contributed by atoms with Crippen molar-refractivity contribution in [1.29, 1.82) is 0 Å². The molecule has 0 spiro atoms. The van der Waals surface area contributed by atoms with Gasteiger partial charge in [0.25, 0.3) is 0 Å². The molecule has 0 saturated heterocycles. The van der Waals surface area contributed by atoms with Gasteiger partial charge in [-0.05, 0) is 25.0 Å². The van der Waals surface area contributed by atoms with Gasteiger partial charge < -0.3 is 9.84 Å². The monoisotopic (exact) mass is 349 g/mol. The highest BCUT2D eigenvalue weighted by Gasteiger charge is 2.17. The minimum atomic E-state index is -0.187. The number of nitrogens with one attached hydrogen (secondary N) is 1. The topological polar surface area (TPSA) is 94.0 Å². The molecular formula is C18H19N7O. The quantitative estimate of drug-likeness (QED) is 0.589. The van der Waals surface area contributed by atoms with Crippen molar-refractivity contribution < 1.29 is 4.52 Å². The predicted octanol–water partition coefficient (Wildman–Crippen LogP) is 3.47. The van der Waals surface area contributed by atoms with E-state index in [9.17, 15) is 0 Å². The predicted molar refractivity (Wildman–Crippen MR) is 96.6 cm³/mol. The molecule has 8 heteroatoms. The Bertz CT molecular complexity index is 1020. The molecule has 1 N–H and O–H groups in total. The number of rotatable bonds is 5. The van der Waals surface area contributed by atoms with Crippen LogP contribution in [0.5, 0.6) is 0 Å². The van der Waals surface area contributed by atoms with Crippen LogP contribution in [0.15, 0.2) is 47.4 Å². The van der Waals surface area contributed by atoms with Crippen molar-refractivity contribution in [2.45, 2.75) is 32.7 Å². The van der Waals surface area contributed by atoms with E-state index >= 15 is 0 Å². The summed E-state index contributed by atoms with van der Waals surface area (Å²) >= 11 is 0. The molecule has 4 aromatic heterocycles. The molecule has 0 amide bonds. The second kappa shape index (κ2) is 6.55. The van der Waals surface area contributed by atoms with Crippen LogP contribution in [0.25, 0.3) is 17.0 Å². The highest BCUT2D eigenvalue weighted by Crippen LogP contribution is 2.24. The molecule has 132 valence electrons. The Morgan fingerprint density at radius 1 is 1.04 bits per heavy atom. The summed E-state index contributed by atoms with van der Waals surface area (Å²) in [7, 11) is 0. The number of pyridine rings is 1. The normalized spacial score (nSPS) is 12.6. The Kier molecular flexibility index (Phi) is 4.08. The van der Waals surface area contributed by atoms with Crippen molar-refractivity contribution >= 4 is 11.5 Å². The summed E-state index contributed by atoms with van der Waals surface area (Å²) in [6.45, 7) is 6.19. The van der Waals surface area contributed by atoms with Crippen LogP contribution in [-0.2, 0) is 0 Å². The zero-order chi connectivity index (χ0) is 18.1. The average Bonchev–Trinajstić information content (AvgIpc) is 3.32. The Morgan fingerprint density at radius 3 is 2.62 bits per heavy atom. The molecule has 0 aromatic carbocycles. The van der Waals surface area contributed by atoms with Gasteiger partial charge in [-0.3, -0.25) is 4.98 Å². The van der Waals surface area contributed by atoms with Crippen molar-refractivity contribution in [2.24, 2.45) is 0 Å². The fourth-order valence-electron chi connectivity index (χ4n) is 2.64. The molecule has 4 rings (SSSR count). The Labute approximate surface area is 150 Å². The number of hydrogen-bond donors (Lipinski definition) is 1. The van der Waals surface area contributed by atoms with Crippen molar-refractivity contribution in [3.63, 3.8) is 0 Å². The van der Waals surface area contributed by atoms with Gasteiger partial charge in [0.05, 0.1) is 6.20 Å². The number of hydrogen-bond acceptors (Lipinski definition) is 7. The van der Waals surface area contributed by atoms with Gasteiger partial charge in [-0.1, -0.05) is 19.0 Å². The van der Waals surface area contributed by atoms with Gasteiger partial charge in [-0.15, -0.1) is 0 Å². The molecule has 4 heterocycles. The number of nitrogens with zero attached hydrogens (tertiary/aromatic N) is 6. The lowest BCUT2D eigenvalue weighted by molar-refractivity contribution is 0.367. The van der Waals surface area contributed by atoms with Gasteiger partial charge in [0, 0.05) is 35.8 Å². The summed E-state index contributed by atoms with van der Waals surface area (Å²) in [6, 6.07) is 7.39. The zero-order valence-corrected chi connectivity index (χ0v) is 14.8. The van der Waals surface area contributed by atoms with Crippen molar-refractivity contribution in [1.82, 2.24) is 29.7 Å². The van der Waals surface area contributed by atoms with E-state index in [1.807, 2.05) is 31.2 Å². The van der Waals surface area contributed by atoms with E-state index in [0.717, 1.165) is 22.7 Å². The maximum absolute atomic E-state index is 5.43. The van der Waals surface area contributed by atoms with Crippen LogP contribution in [-0.4, -0.2) is 29.7 Å².